The van der Waals surface area contributed by atoms with Gasteiger partial charge in [-0.05, 0) is 63.1 Å². The molecular formula is C24H25FN2O5. The molecule has 0 bridgehead atoms. The topological polar surface area (TPSA) is 92.8 Å². The van der Waals surface area contributed by atoms with Crippen LogP contribution in [-0.4, -0.2) is 47.7 Å². The normalized spacial score (nSPS) is 15.0. The molecule has 32 heavy (non-hydrogen) atoms. The predicted molar refractivity (Wildman–Crippen MR) is 116 cm³/mol. The Labute approximate surface area is 185 Å². The minimum absolute atomic E-state index is 0.121. The second-order valence-electron chi connectivity index (χ2n) is 7.78. The van der Waals surface area contributed by atoms with Crippen molar-refractivity contribution in [3.05, 3.63) is 65.5 Å². The Morgan fingerprint density at radius 2 is 1.69 bits per heavy atom. The fourth-order valence-electron chi connectivity index (χ4n) is 3.48. The highest BCUT2D eigenvalue weighted by molar-refractivity contribution is 5.98. The Hall–Kier alpha value is -3.55. The lowest BCUT2D eigenvalue weighted by Gasteiger charge is -2.31. The van der Waals surface area contributed by atoms with Gasteiger partial charge in [-0.25, -0.2) is 4.39 Å². The molecule has 1 atom stereocenters. The van der Waals surface area contributed by atoms with Gasteiger partial charge in [0.2, 0.25) is 0 Å². The number of nitrogens with zero attached hydrogens (tertiary/aromatic N) is 1. The molecule has 0 radical (unpaired) electrons. The first-order valence-corrected chi connectivity index (χ1v) is 10.4. The van der Waals surface area contributed by atoms with Gasteiger partial charge in [0.15, 0.2) is 11.9 Å². The van der Waals surface area contributed by atoms with Crippen molar-refractivity contribution in [3.8, 4) is 0 Å². The zero-order valence-corrected chi connectivity index (χ0v) is 18.0. The number of nitrogens with one attached hydrogen (secondary N) is 1. The summed E-state index contributed by atoms with van der Waals surface area (Å²) in [5, 5.41) is 2.64. The Morgan fingerprint density at radius 1 is 1.03 bits per heavy atom. The summed E-state index contributed by atoms with van der Waals surface area (Å²) in [4.78, 5) is 50.5. The SMILES string of the molecule is CC(=O)c1cccc(NC(=O)C(C)OC(=O)C2CCN(C(=O)c3ccc(F)cc3)CC2)c1. The highest BCUT2D eigenvalue weighted by Crippen LogP contribution is 2.21. The molecular weight excluding hydrogens is 415 g/mol. The first kappa shape index (κ1) is 23.1. The van der Waals surface area contributed by atoms with Crippen molar-refractivity contribution in [2.45, 2.75) is 32.8 Å². The summed E-state index contributed by atoms with van der Waals surface area (Å²) < 4.78 is 18.4. The predicted octanol–water partition coefficient (Wildman–Crippen LogP) is 3.45. The van der Waals surface area contributed by atoms with Crippen LogP contribution >= 0.6 is 0 Å². The largest absolute Gasteiger partial charge is 0.452 e. The van der Waals surface area contributed by atoms with Crippen molar-refractivity contribution in [2.75, 3.05) is 18.4 Å². The number of hydrogen-bond donors (Lipinski definition) is 1. The Kier molecular flexibility index (Phi) is 7.35. The number of rotatable bonds is 6. The standard InChI is InChI=1S/C24H25FN2O5/c1-15(28)19-4-3-5-21(14-19)26-22(29)16(2)32-24(31)18-10-12-27(13-11-18)23(30)17-6-8-20(25)9-7-17/h3-9,14,16,18H,10-13H2,1-2H3,(H,26,29). The lowest BCUT2D eigenvalue weighted by Crippen LogP contribution is -2.41. The minimum Gasteiger partial charge on any atom is -0.452 e. The molecule has 2 aromatic carbocycles. The molecule has 3 rings (SSSR count). The van der Waals surface area contributed by atoms with Crippen LogP contribution in [0.15, 0.2) is 48.5 Å². The molecule has 0 spiro atoms. The van der Waals surface area contributed by atoms with Crippen LogP contribution in [-0.2, 0) is 14.3 Å². The number of piperidine rings is 1. The number of hydrogen-bond acceptors (Lipinski definition) is 5. The smallest absolute Gasteiger partial charge is 0.309 e. The van der Waals surface area contributed by atoms with E-state index in [4.69, 9.17) is 4.74 Å². The number of esters is 1. The lowest BCUT2D eigenvalue weighted by atomic mass is 9.96. The molecule has 1 unspecified atom stereocenters. The van der Waals surface area contributed by atoms with E-state index < -0.39 is 29.7 Å². The van der Waals surface area contributed by atoms with E-state index in [0.717, 1.165) is 0 Å². The number of ketones is 1. The average molecular weight is 440 g/mol. The number of Topliss-reactive ketones (excluding diaryl/α,β-unsaturated/α-hetero) is 1. The van der Waals surface area contributed by atoms with Gasteiger partial charge in [-0.15, -0.1) is 0 Å². The molecule has 1 fully saturated rings. The lowest BCUT2D eigenvalue weighted by molar-refractivity contribution is -0.158. The third-order valence-electron chi connectivity index (χ3n) is 5.41. The summed E-state index contributed by atoms with van der Waals surface area (Å²) >= 11 is 0. The third kappa shape index (κ3) is 5.78. The molecule has 1 N–H and O–H groups in total. The maximum absolute atomic E-state index is 13.0. The quantitative estimate of drug-likeness (QED) is 0.549. The van der Waals surface area contributed by atoms with E-state index in [1.807, 2.05) is 0 Å². The van der Waals surface area contributed by atoms with Gasteiger partial charge >= 0.3 is 5.97 Å². The number of halogens is 1. The molecule has 2 aromatic rings. The van der Waals surface area contributed by atoms with Crippen molar-refractivity contribution >= 4 is 29.3 Å². The van der Waals surface area contributed by atoms with Gasteiger partial charge < -0.3 is 15.0 Å². The molecule has 168 valence electrons. The van der Waals surface area contributed by atoms with E-state index in [-0.39, 0.29) is 11.7 Å². The van der Waals surface area contributed by atoms with Crippen LogP contribution in [0.4, 0.5) is 10.1 Å². The minimum atomic E-state index is -1.01. The zero-order valence-electron chi connectivity index (χ0n) is 18.0. The van der Waals surface area contributed by atoms with Gasteiger partial charge in [-0.2, -0.15) is 0 Å². The van der Waals surface area contributed by atoms with Crippen molar-refractivity contribution in [3.63, 3.8) is 0 Å². The van der Waals surface area contributed by atoms with Crippen LogP contribution in [0.3, 0.4) is 0 Å². The number of benzene rings is 2. The molecule has 1 aliphatic heterocycles. The van der Waals surface area contributed by atoms with Crippen molar-refractivity contribution in [1.82, 2.24) is 4.90 Å². The summed E-state index contributed by atoms with van der Waals surface area (Å²) in [6, 6.07) is 11.9. The molecule has 7 nitrogen and oxygen atoms in total. The number of amides is 2. The Bertz CT molecular complexity index is 1010. The van der Waals surface area contributed by atoms with Crippen molar-refractivity contribution < 1.29 is 28.3 Å². The molecule has 2 amide bonds. The van der Waals surface area contributed by atoms with Gasteiger partial charge in [0, 0.05) is 29.9 Å². The summed E-state index contributed by atoms with van der Waals surface area (Å²) in [6.45, 7) is 3.65. The number of carbonyl (C=O) groups excluding carboxylic acids is 4. The van der Waals surface area contributed by atoms with Gasteiger partial charge in [0.05, 0.1) is 5.92 Å². The third-order valence-corrected chi connectivity index (χ3v) is 5.41. The van der Waals surface area contributed by atoms with Crippen molar-refractivity contribution in [1.29, 1.82) is 0 Å². The molecule has 0 aliphatic carbocycles. The van der Waals surface area contributed by atoms with E-state index in [0.29, 0.717) is 42.7 Å². The second kappa shape index (κ2) is 10.2. The molecule has 8 heteroatoms. The Morgan fingerprint density at radius 3 is 2.31 bits per heavy atom. The van der Waals surface area contributed by atoms with Crippen LogP contribution in [0.25, 0.3) is 0 Å². The summed E-state index contributed by atoms with van der Waals surface area (Å²) in [5.41, 5.74) is 1.30. The van der Waals surface area contributed by atoms with Gasteiger partial charge in [0.25, 0.3) is 11.8 Å². The van der Waals surface area contributed by atoms with Crippen LogP contribution < -0.4 is 5.32 Å². The maximum Gasteiger partial charge on any atom is 0.309 e. The van der Waals surface area contributed by atoms with Crippen LogP contribution in [0.5, 0.6) is 0 Å². The Balaban J connectivity index is 1.49. The number of likely N-dealkylation sites (tertiary alicyclic amines) is 1. The molecule has 0 aromatic heterocycles. The maximum atomic E-state index is 13.0. The molecule has 0 saturated carbocycles. The number of ether oxygens (including phenoxy) is 1. The van der Waals surface area contributed by atoms with E-state index >= 15 is 0 Å². The number of carbonyl (C=O) groups is 4. The molecule has 1 aliphatic rings. The van der Waals surface area contributed by atoms with E-state index in [9.17, 15) is 23.6 Å². The van der Waals surface area contributed by atoms with E-state index in [1.165, 1.54) is 38.1 Å². The number of anilines is 1. The average Bonchev–Trinajstić information content (AvgIpc) is 2.79. The van der Waals surface area contributed by atoms with Crippen LogP contribution in [0.1, 0.15) is 47.4 Å². The fraction of sp³-hybridized carbons (Fsp3) is 0.333. The monoisotopic (exact) mass is 440 g/mol. The van der Waals surface area contributed by atoms with Gasteiger partial charge in [-0.3, -0.25) is 19.2 Å². The van der Waals surface area contributed by atoms with E-state index in [2.05, 4.69) is 5.32 Å². The second-order valence-corrected chi connectivity index (χ2v) is 7.78. The summed E-state index contributed by atoms with van der Waals surface area (Å²) in [6.07, 6.45) is -0.177. The first-order valence-electron chi connectivity index (χ1n) is 10.4. The van der Waals surface area contributed by atoms with Gasteiger partial charge in [0.1, 0.15) is 5.82 Å². The summed E-state index contributed by atoms with van der Waals surface area (Å²) in [5.74, 6) is -2.14. The van der Waals surface area contributed by atoms with Gasteiger partial charge in [-0.1, -0.05) is 12.1 Å². The van der Waals surface area contributed by atoms with Crippen molar-refractivity contribution in [2.24, 2.45) is 5.92 Å². The van der Waals surface area contributed by atoms with Crippen LogP contribution in [0, 0.1) is 11.7 Å². The molecule has 1 heterocycles. The zero-order chi connectivity index (χ0) is 23.3. The van der Waals surface area contributed by atoms with E-state index in [1.54, 1.807) is 29.2 Å². The summed E-state index contributed by atoms with van der Waals surface area (Å²) in [7, 11) is 0. The fourth-order valence-corrected chi connectivity index (χ4v) is 3.48. The molecule has 1 saturated heterocycles. The van der Waals surface area contributed by atoms with Crippen LogP contribution in [0.2, 0.25) is 0 Å². The highest BCUT2D eigenvalue weighted by atomic mass is 19.1. The highest BCUT2D eigenvalue weighted by Gasteiger charge is 2.30. The first-order chi connectivity index (χ1) is 15.2.